The predicted molar refractivity (Wildman–Crippen MR) is 96.9 cm³/mol. The molecule has 1 aromatic heterocycles. The molecule has 3 rings (SSSR count). The Labute approximate surface area is 150 Å². The Morgan fingerprint density at radius 1 is 1.12 bits per heavy atom. The van der Waals surface area contributed by atoms with Gasteiger partial charge in [0.2, 0.25) is 0 Å². The number of aryl methyl sites for hydroxylation is 1. The molecule has 0 spiro atoms. The number of aliphatic carboxylic acids is 1. The number of rotatable bonds is 5. The molecule has 0 bridgehead atoms. The Morgan fingerprint density at radius 2 is 1.84 bits per heavy atom. The van der Waals surface area contributed by atoms with Gasteiger partial charge in [-0.15, -0.1) is 0 Å². The first kappa shape index (κ1) is 17.2. The number of benzene rings is 2. The largest absolute Gasteiger partial charge is 0.481 e. The molecule has 5 heteroatoms. The topological polar surface area (TPSA) is 42.2 Å². The van der Waals surface area contributed by atoms with E-state index in [4.69, 9.17) is 16.7 Å². The van der Waals surface area contributed by atoms with Crippen LogP contribution in [0.4, 0.5) is 4.39 Å². The molecule has 2 aromatic carbocycles. The number of halogens is 2. The number of hydrogen-bond donors (Lipinski definition) is 1. The smallest absolute Gasteiger partial charge is 0.303 e. The van der Waals surface area contributed by atoms with Crippen LogP contribution in [0.3, 0.4) is 0 Å². The molecule has 3 aromatic rings. The Kier molecular flexibility index (Phi) is 4.91. The van der Waals surface area contributed by atoms with Crippen molar-refractivity contribution >= 4 is 17.6 Å². The van der Waals surface area contributed by atoms with Crippen molar-refractivity contribution in [2.75, 3.05) is 0 Å². The van der Waals surface area contributed by atoms with Crippen LogP contribution in [0.1, 0.15) is 17.7 Å². The van der Waals surface area contributed by atoms with Gasteiger partial charge in [-0.2, -0.15) is 0 Å². The van der Waals surface area contributed by atoms with Gasteiger partial charge in [-0.1, -0.05) is 17.7 Å². The second kappa shape index (κ2) is 7.11. The van der Waals surface area contributed by atoms with Crippen molar-refractivity contribution in [3.8, 4) is 16.9 Å². The normalized spacial score (nSPS) is 10.8. The molecule has 1 heterocycles. The van der Waals surface area contributed by atoms with Crippen LogP contribution in [0.25, 0.3) is 16.9 Å². The van der Waals surface area contributed by atoms with Crippen LogP contribution in [0, 0.1) is 12.7 Å². The van der Waals surface area contributed by atoms with Crippen molar-refractivity contribution in [3.63, 3.8) is 0 Å². The van der Waals surface area contributed by atoms with E-state index in [-0.39, 0.29) is 12.2 Å². The van der Waals surface area contributed by atoms with E-state index >= 15 is 0 Å². The molecular formula is C20H17ClFNO2. The zero-order valence-electron chi connectivity index (χ0n) is 13.7. The standard InChI is InChI=1S/C20H17ClFNO2/c1-13-17(21)3-2-4-18(13)23-16(10-12-20(24)25)9-11-19(23)14-5-7-15(22)8-6-14/h2-9,11H,10,12H2,1H3,(H,24,25). The van der Waals surface area contributed by atoms with Gasteiger partial charge in [-0.05, 0) is 73.0 Å². The number of aromatic nitrogens is 1. The fourth-order valence-electron chi connectivity index (χ4n) is 2.88. The first-order valence-corrected chi connectivity index (χ1v) is 8.29. The summed E-state index contributed by atoms with van der Waals surface area (Å²) >= 11 is 6.27. The third kappa shape index (κ3) is 3.59. The van der Waals surface area contributed by atoms with Crippen LogP contribution in [-0.2, 0) is 11.2 Å². The average molecular weight is 358 g/mol. The lowest BCUT2D eigenvalue weighted by Crippen LogP contribution is -2.07. The fourth-order valence-corrected chi connectivity index (χ4v) is 3.05. The Balaban J connectivity index is 2.17. The third-order valence-electron chi connectivity index (χ3n) is 4.18. The highest BCUT2D eigenvalue weighted by Crippen LogP contribution is 2.31. The third-order valence-corrected chi connectivity index (χ3v) is 4.59. The zero-order valence-corrected chi connectivity index (χ0v) is 14.4. The van der Waals surface area contributed by atoms with E-state index in [1.807, 2.05) is 41.8 Å². The van der Waals surface area contributed by atoms with Gasteiger partial charge < -0.3 is 9.67 Å². The van der Waals surface area contributed by atoms with Crippen LogP contribution in [-0.4, -0.2) is 15.6 Å². The summed E-state index contributed by atoms with van der Waals surface area (Å²) in [6.45, 7) is 1.92. The summed E-state index contributed by atoms with van der Waals surface area (Å²) in [7, 11) is 0. The van der Waals surface area contributed by atoms with Gasteiger partial charge in [0, 0.05) is 10.7 Å². The van der Waals surface area contributed by atoms with Crippen molar-refractivity contribution < 1.29 is 14.3 Å². The van der Waals surface area contributed by atoms with Crippen LogP contribution < -0.4 is 0 Å². The number of hydrogen-bond acceptors (Lipinski definition) is 1. The first-order chi connectivity index (χ1) is 12.0. The van der Waals surface area contributed by atoms with Crippen molar-refractivity contribution in [2.24, 2.45) is 0 Å². The zero-order chi connectivity index (χ0) is 18.0. The van der Waals surface area contributed by atoms with Crippen LogP contribution in [0.5, 0.6) is 0 Å². The summed E-state index contributed by atoms with van der Waals surface area (Å²) in [6, 6.07) is 15.7. The monoisotopic (exact) mass is 357 g/mol. The van der Waals surface area contributed by atoms with E-state index in [2.05, 4.69) is 0 Å². The predicted octanol–water partition coefficient (Wildman–Crippen LogP) is 5.26. The minimum Gasteiger partial charge on any atom is -0.481 e. The molecule has 128 valence electrons. The molecule has 0 aliphatic carbocycles. The number of carboxylic acid groups (broad SMARTS) is 1. The van der Waals surface area contributed by atoms with E-state index in [0.29, 0.717) is 11.4 Å². The van der Waals surface area contributed by atoms with E-state index in [1.54, 1.807) is 12.1 Å². The fraction of sp³-hybridized carbons (Fsp3) is 0.150. The first-order valence-electron chi connectivity index (χ1n) is 7.91. The van der Waals surface area contributed by atoms with Crippen LogP contribution in [0.15, 0.2) is 54.6 Å². The maximum atomic E-state index is 13.3. The van der Waals surface area contributed by atoms with Crippen LogP contribution >= 0.6 is 11.6 Å². The Morgan fingerprint density at radius 3 is 2.52 bits per heavy atom. The lowest BCUT2D eigenvalue weighted by Gasteiger charge is -2.17. The average Bonchev–Trinajstić information content (AvgIpc) is 3.00. The summed E-state index contributed by atoms with van der Waals surface area (Å²) < 4.78 is 15.3. The number of carboxylic acids is 1. The molecule has 0 saturated carbocycles. The Bertz CT molecular complexity index is 916. The second-order valence-corrected chi connectivity index (χ2v) is 6.24. The molecular weight excluding hydrogens is 341 g/mol. The minimum absolute atomic E-state index is 0.0342. The summed E-state index contributed by atoms with van der Waals surface area (Å²) in [6.07, 6.45) is 0.426. The van der Waals surface area contributed by atoms with Gasteiger partial charge in [0.1, 0.15) is 5.82 Å². The van der Waals surface area contributed by atoms with Crippen molar-refractivity contribution in [2.45, 2.75) is 19.8 Å². The van der Waals surface area contributed by atoms with Crippen molar-refractivity contribution in [3.05, 3.63) is 76.7 Å². The highest BCUT2D eigenvalue weighted by atomic mass is 35.5. The number of nitrogens with zero attached hydrogens (tertiary/aromatic N) is 1. The van der Waals surface area contributed by atoms with Crippen molar-refractivity contribution in [1.82, 2.24) is 4.57 Å². The highest BCUT2D eigenvalue weighted by molar-refractivity contribution is 6.31. The van der Waals surface area contributed by atoms with Gasteiger partial charge in [-0.25, -0.2) is 4.39 Å². The molecule has 3 nitrogen and oxygen atoms in total. The van der Waals surface area contributed by atoms with Crippen LogP contribution in [0.2, 0.25) is 5.02 Å². The van der Waals surface area contributed by atoms with Gasteiger partial charge in [0.15, 0.2) is 0 Å². The van der Waals surface area contributed by atoms with E-state index in [0.717, 1.165) is 28.2 Å². The lowest BCUT2D eigenvalue weighted by atomic mass is 10.1. The van der Waals surface area contributed by atoms with Crippen molar-refractivity contribution in [1.29, 1.82) is 0 Å². The molecule has 0 aliphatic heterocycles. The minimum atomic E-state index is -0.848. The lowest BCUT2D eigenvalue weighted by molar-refractivity contribution is -0.136. The Hall–Kier alpha value is -2.59. The highest BCUT2D eigenvalue weighted by Gasteiger charge is 2.15. The summed E-state index contributed by atoms with van der Waals surface area (Å²) in [5, 5.41) is 9.66. The van der Waals surface area contributed by atoms with Gasteiger partial charge in [-0.3, -0.25) is 4.79 Å². The molecule has 0 saturated heterocycles. The maximum absolute atomic E-state index is 13.3. The van der Waals surface area contributed by atoms with Gasteiger partial charge in [0.25, 0.3) is 0 Å². The van der Waals surface area contributed by atoms with E-state index in [9.17, 15) is 9.18 Å². The summed E-state index contributed by atoms with van der Waals surface area (Å²) in [5.74, 6) is -1.15. The maximum Gasteiger partial charge on any atom is 0.303 e. The summed E-state index contributed by atoms with van der Waals surface area (Å²) in [4.78, 5) is 11.0. The molecule has 0 aliphatic rings. The molecule has 0 radical (unpaired) electrons. The molecule has 25 heavy (non-hydrogen) atoms. The van der Waals surface area contributed by atoms with Gasteiger partial charge >= 0.3 is 5.97 Å². The van der Waals surface area contributed by atoms with E-state index < -0.39 is 5.97 Å². The van der Waals surface area contributed by atoms with E-state index in [1.165, 1.54) is 12.1 Å². The quantitative estimate of drug-likeness (QED) is 0.676. The molecule has 0 atom stereocenters. The van der Waals surface area contributed by atoms with Gasteiger partial charge in [0.05, 0.1) is 17.8 Å². The summed E-state index contributed by atoms with van der Waals surface area (Å²) in [5.41, 5.74) is 4.37. The molecule has 0 fully saturated rings. The molecule has 0 unspecified atom stereocenters. The second-order valence-electron chi connectivity index (χ2n) is 5.83. The number of carbonyl (C=O) groups is 1. The molecule has 0 amide bonds. The molecule has 1 N–H and O–H groups in total. The SMILES string of the molecule is Cc1c(Cl)cccc1-n1c(CCC(=O)O)ccc1-c1ccc(F)cc1.